The Labute approximate surface area is 82.0 Å². The molecule has 1 aromatic heterocycles. The predicted octanol–water partition coefficient (Wildman–Crippen LogP) is 2.10. The molecule has 0 spiro atoms. The second-order valence-electron chi connectivity index (χ2n) is 2.15. The molecule has 13 heavy (non-hydrogen) atoms. The molecular formula is C7H5BrN2O3. The summed E-state index contributed by atoms with van der Waals surface area (Å²) in [6.45, 7) is 3.40. The third-order valence-corrected chi connectivity index (χ3v) is 2.04. The number of hydrogen-bond donors (Lipinski definition) is 1. The van der Waals surface area contributed by atoms with E-state index < -0.39 is 16.5 Å². The van der Waals surface area contributed by atoms with Crippen LogP contribution in [0.3, 0.4) is 0 Å². The molecule has 0 saturated carbocycles. The summed E-state index contributed by atoms with van der Waals surface area (Å²) in [5.74, 6) is -0.608. The van der Waals surface area contributed by atoms with E-state index in [1.54, 1.807) is 0 Å². The summed E-state index contributed by atoms with van der Waals surface area (Å²) in [5, 5.41) is 19.6. The van der Waals surface area contributed by atoms with Crippen LogP contribution in [-0.4, -0.2) is 15.0 Å². The lowest BCUT2D eigenvalue weighted by Crippen LogP contribution is -1.94. The summed E-state index contributed by atoms with van der Waals surface area (Å²) >= 11 is 3.06. The van der Waals surface area contributed by atoms with Crippen molar-refractivity contribution in [3.8, 4) is 5.88 Å². The number of pyridine rings is 1. The van der Waals surface area contributed by atoms with Crippen molar-refractivity contribution in [2.75, 3.05) is 0 Å². The van der Waals surface area contributed by atoms with Gasteiger partial charge in [0.15, 0.2) is 0 Å². The van der Waals surface area contributed by atoms with Gasteiger partial charge in [-0.25, -0.2) is 4.98 Å². The standard InChI is InChI=1S/C7H5BrN2O3/c1-2-4-5(8)3-9-7(11)6(4)10(12)13/h2-3H,1H2,(H,9,11). The maximum absolute atomic E-state index is 10.5. The highest BCUT2D eigenvalue weighted by molar-refractivity contribution is 9.10. The van der Waals surface area contributed by atoms with Crippen molar-refractivity contribution in [2.24, 2.45) is 0 Å². The summed E-state index contributed by atoms with van der Waals surface area (Å²) < 4.78 is 0.423. The number of hydrogen-bond acceptors (Lipinski definition) is 4. The van der Waals surface area contributed by atoms with Gasteiger partial charge in [-0.3, -0.25) is 10.1 Å². The minimum atomic E-state index is -0.704. The van der Waals surface area contributed by atoms with Crippen molar-refractivity contribution in [1.29, 1.82) is 0 Å². The van der Waals surface area contributed by atoms with E-state index in [9.17, 15) is 10.1 Å². The molecule has 1 rings (SSSR count). The monoisotopic (exact) mass is 244 g/mol. The molecule has 0 unspecified atom stereocenters. The SMILES string of the molecule is C=Cc1c(Br)cnc(O)c1[N+](=O)[O-]. The maximum Gasteiger partial charge on any atom is 0.339 e. The fourth-order valence-corrected chi connectivity index (χ4v) is 1.31. The minimum Gasteiger partial charge on any atom is -0.488 e. The van der Waals surface area contributed by atoms with Crippen LogP contribution in [0.2, 0.25) is 0 Å². The molecule has 0 radical (unpaired) electrons. The van der Waals surface area contributed by atoms with Gasteiger partial charge < -0.3 is 5.11 Å². The van der Waals surface area contributed by atoms with Crippen molar-refractivity contribution in [3.63, 3.8) is 0 Å². The predicted molar refractivity (Wildman–Crippen MR) is 50.3 cm³/mol. The fourth-order valence-electron chi connectivity index (χ4n) is 0.856. The van der Waals surface area contributed by atoms with E-state index >= 15 is 0 Å². The van der Waals surface area contributed by atoms with Gasteiger partial charge in [0.25, 0.3) is 5.88 Å². The highest BCUT2D eigenvalue weighted by atomic mass is 79.9. The van der Waals surface area contributed by atoms with Crippen LogP contribution in [0, 0.1) is 10.1 Å². The third kappa shape index (κ3) is 1.67. The molecule has 0 aliphatic heterocycles. The van der Waals surface area contributed by atoms with E-state index in [2.05, 4.69) is 27.5 Å². The van der Waals surface area contributed by atoms with Crippen LogP contribution in [0.25, 0.3) is 6.08 Å². The summed E-state index contributed by atoms with van der Waals surface area (Å²) in [5.41, 5.74) is -0.220. The van der Waals surface area contributed by atoms with E-state index in [4.69, 9.17) is 5.11 Å². The molecule has 0 saturated heterocycles. The van der Waals surface area contributed by atoms with Crippen LogP contribution in [0.15, 0.2) is 17.2 Å². The van der Waals surface area contributed by atoms with Crippen molar-refractivity contribution in [3.05, 3.63) is 32.9 Å². The Hall–Kier alpha value is -1.43. The quantitative estimate of drug-likeness (QED) is 0.639. The van der Waals surface area contributed by atoms with Crippen molar-refractivity contribution < 1.29 is 10.0 Å². The van der Waals surface area contributed by atoms with E-state index in [0.29, 0.717) is 4.47 Å². The van der Waals surface area contributed by atoms with Gasteiger partial charge in [0, 0.05) is 6.20 Å². The first-order valence-corrected chi connectivity index (χ1v) is 4.01. The van der Waals surface area contributed by atoms with Crippen molar-refractivity contribution in [1.82, 2.24) is 4.98 Å². The van der Waals surface area contributed by atoms with Gasteiger partial charge in [0.05, 0.1) is 15.0 Å². The summed E-state index contributed by atoms with van der Waals surface area (Å²) in [7, 11) is 0. The first kappa shape index (κ1) is 9.66. The Bertz CT molecular complexity index is 378. The molecule has 0 fully saturated rings. The average Bonchev–Trinajstić information content (AvgIpc) is 2.07. The molecule has 0 aliphatic carbocycles. The van der Waals surface area contributed by atoms with Crippen LogP contribution in [0.4, 0.5) is 5.69 Å². The summed E-state index contributed by atoms with van der Waals surface area (Å²) in [4.78, 5) is 13.2. The first-order chi connectivity index (χ1) is 6.07. The molecule has 1 heterocycles. The Kier molecular flexibility index (Phi) is 2.62. The number of rotatable bonds is 2. The van der Waals surface area contributed by atoms with Gasteiger partial charge in [-0.05, 0) is 15.9 Å². The normalized spacial score (nSPS) is 9.62. The number of nitrogens with zero attached hydrogens (tertiary/aromatic N) is 2. The van der Waals surface area contributed by atoms with E-state index in [1.807, 2.05) is 0 Å². The van der Waals surface area contributed by atoms with Crippen LogP contribution in [-0.2, 0) is 0 Å². The smallest absolute Gasteiger partial charge is 0.339 e. The van der Waals surface area contributed by atoms with Gasteiger partial charge in [-0.2, -0.15) is 0 Å². The van der Waals surface area contributed by atoms with Crippen LogP contribution in [0.5, 0.6) is 5.88 Å². The van der Waals surface area contributed by atoms with Crippen molar-refractivity contribution >= 4 is 27.7 Å². The molecule has 6 heteroatoms. The minimum absolute atomic E-state index is 0.220. The van der Waals surface area contributed by atoms with E-state index in [-0.39, 0.29) is 5.56 Å². The van der Waals surface area contributed by atoms with Crippen LogP contribution >= 0.6 is 15.9 Å². The molecule has 0 aliphatic rings. The highest BCUT2D eigenvalue weighted by Crippen LogP contribution is 2.33. The lowest BCUT2D eigenvalue weighted by atomic mass is 10.2. The molecule has 1 N–H and O–H groups in total. The second-order valence-corrected chi connectivity index (χ2v) is 3.01. The van der Waals surface area contributed by atoms with E-state index in [1.165, 1.54) is 12.3 Å². The van der Waals surface area contributed by atoms with Gasteiger partial charge in [0.2, 0.25) is 0 Å². The van der Waals surface area contributed by atoms with Gasteiger partial charge >= 0.3 is 5.69 Å². The summed E-state index contributed by atoms with van der Waals surface area (Å²) in [6, 6.07) is 0. The highest BCUT2D eigenvalue weighted by Gasteiger charge is 2.21. The zero-order chi connectivity index (χ0) is 10.0. The number of halogens is 1. The van der Waals surface area contributed by atoms with Crippen molar-refractivity contribution in [2.45, 2.75) is 0 Å². The molecule has 0 amide bonds. The third-order valence-electron chi connectivity index (χ3n) is 1.41. The number of aromatic hydroxyl groups is 1. The number of aromatic nitrogens is 1. The van der Waals surface area contributed by atoms with Gasteiger partial charge in [0.1, 0.15) is 0 Å². The molecule has 68 valence electrons. The molecule has 0 atom stereocenters. The van der Waals surface area contributed by atoms with Gasteiger partial charge in [-0.15, -0.1) is 0 Å². The maximum atomic E-state index is 10.5. The zero-order valence-corrected chi connectivity index (χ0v) is 7.98. The molecule has 5 nitrogen and oxygen atoms in total. The fraction of sp³-hybridized carbons (Fsp3) is 0. The topological polar surface area (TPSA) is 76.3 Å². The molecule has 1 aromatic rings. The molecule has 0 aromatic carbocycles. The largest absolute Gasteiger partial charge is 0.488 e. The summed E-state index contributed by atoms with van der Waals surface area (Å²) in [6.07, 6.45) is 2.56. The van der Waals surface area contributed by atoms with Gasteiger partial charge in [-0.1, -0.05) is 12.7 Å². The second kappa shape index (κ2) is 3.53. The van der Waals surface area contributed by atoms with E-state index in [0.717, 1.165) is 0 Å². The Morgan fingerprint density at radius 1 is 1.77 bits per heavy atom. The van der Waals surface area contributed by atoms with Crippen LogP contribution < -0.4 is 0 Å². The average molecular weight is 245 g/mol. The first-order valence-electron chi connectivity index (χ1n) is 3.22. The Morgan fingerprint density at radius 2 is 2.38 bits per heavy atom. The number of nitro groups is 1. The zero-order valence-electron chi connectivity index (χ0n) is 6.40. The molecule has 0 bridgehead atoms. The Balaban J connectivity index is 3.52. The lowest BCUT2D eigenvalue weighted by Gasteiger charge is -2.00. The Morgan fingerprint density at radius 3 is 2.77 bits per heavy atom. The lowest BCUT2D eigenvalue weighted by molar-refractivity contribution is -0.386. The molecular weight excluding hydrogens is 240 g/mol. The van der Waals surface area contributed by atoms with Crippen LogP contribution in [0.1, 0.15) is 5.56 Å².